The number of hydrogen-bond donors (Lipinski definition) is 0. The molecule has 0 saturated heterocycles. The zero-order valence-electron chi connectivity index (χ0n) is 16.2. The summed E-state index contributed by atoms with van der Waals surface area (Å²) in [5.41, 5.74) is 5.92. The number of nitrogens with zero attached hydrogens (tertiary/aromatic N) is 2. The Bertz CT molecular complexity index is 1580. The molecule has 3 aromatic carbocycles. The molecule has 0 atom stereocenters. The smallest absolute Gasteiger partial charge is 0.136 e. The third-order valence-electron chi connectivity index (χ3n) is 5.73. The van der Waals surface area contributed by atoms with Crippen LogP contribution in [0.15, 0.2) is 77.3 Å². The highest BCUT2D eigenvalue weighted by Crippen LogP contribution is 2.36. The number of para-hydroxylation sites is 1. The van der Waals surface area contributed by atoms with E-state index in [-0.39, 0.29) is 0 Å². The first-order valence-corrected chi connectivity index (χ1v) is 9.76. The predicted octanol–water partition coefficient (Wildman–Crippen LogP) is 6.97. The number of benzene rings is 3. The van der Waals surface area contributed by atoms with E-state index in [9.17, 15) is 0 Å². The highest BCUT2D eigenvalue weighted by molar-refractivity contribution is 6.12. The van der Waals surface area contributed by atoms with Gasteiger partial charge in [0.2, 0.25) is 0 Å². The summed E-state index contributed by atoms with van der Waals surface area (Å²) >= 11 is 0. The summed E-state index contributed by atoms with van der Waals surface area (Å²) in [6.45, 7) is 4.11. The highest BCUT2D eigenvalue weighted by Gasteiger charge is 2.12. The Labute approximate surface area is 167 Å². The van der Waals surface area contributed by atoms with Gasteiger partial charge in [-0.1, -0.05) is 36.4 Å². The van der Waals surface area contributed by atoms with E-state index in [0.29, 0.717) is 0 Å². The second-order valence-corrected chi connectivity index (χ2v) is 7.57. The SMILES string of the molecule is Cc1cc2c(ccc3c(-c4ccc5c(c4)oc4ccccc45)nccc32)c(C)n1. The van der Waals surface area contributed by atoms with E-state index >= 15 is 0 Å². The molecular weight excluding hydrogens is 356 g/mol. The molecule has 29 heavy (non-hydrogen) atoms. The molecular formula is C26H18N2O. The van der Waals surface area contributed by atoms with Crippen LogP contribution in [0, 0.1) is 13.8 Å². The van der Waals surface area contributed by atoms with Gasteiger partial charge < -0.3 is 4.42 Å². The van der Waals surface area contributed by atoms with E-state index in [0.717, 1.165) is 50.0 Å². The van der Waals surface area contributed by atoms with Gasteiger partial charge in [-0.05, 0) is 55.0 Å². The molecule has 0 unspecified atom stereocenters. The molecule has 0 amide bonds. The number of pyridine rings is 2. The van der Waals surface area contributed by atoms with Gasteiger partial charge in [0.05, 0.1) is 5.69 Å². The summed E-state index contributed by atoms with van der Waals surface area (Å²) in [5.74, 6) is 0. The lowest BCUT2D eigenvalue weighted by Crippen LogP contribution is -1.91. The third-order valence-corrected chi connectivity index (χ3v) is 5.73. The molecule has 0 aliphatic rings. The first-order chi connectivity index (χ1) is 14.2. The Morgan fingerprint density at radius 3 is 2.38 bits per heavy atom. The molecule has 6 rings (SSSR count). The molecule has 0 radical (unpaired) electrons. The van der Waals surface area contributed by atoms with Crippen molar-refractivity contribution in [2.75, 3.05) is 0 Å². The van der Waals surface area contributed by atoms with E-state index < -0.39 is 0 Å². The van der Waals surface area contributed by atoms with Gasteiger partial charge in [-0.15, -0.1) is 0 Å². The lowest BCUT2D eigenvalue weighted by molar-refractivity contribution is 0.669. The zero-order valence-corrected chi connectivity index (χ0v) is 16.2. The summed E-state index contributed by atoms with van der Waals surface area (Å²) in [6, 6.07) is 23.1. The predicted molar refractivity (Wildman–Crippen MR) is 119 cm³/mol. The number of aromatic nitrogens is 2. The Morgan fingerprint density at radius 1 is 0.655 bits per heavy atom. The van der Waals surface area contributed by atoms with E-state index in [1.54, 1.807) is 0 Å². The maximum Gasteiger partial charge on any atom is 0.136 e. The van der Waals surface area contributed by atoms with E-state index in [1.807, 2.05) is 31.3 Å². The monoisotopic (exact) mass is 374 g/mol. The molecule has 0 aliphatic heterocycles. The van der Waals surface area contributed by atoms with Crippen molar-refractivity contribution in [3.05, 3.63) is 84.3 Å². The maximum absolute atomic E-state index is 6.09. The lowest BCUT2D eigenvalue weighted by Gasteiger charge is -2.10. The Balaban J connectivity index is 1.64. The molecule has 3 heterocycles. The minimum atomic E-state index is 0.888. The third kappa shape index (κ3) is 2.37. The summed E-state index contributed by atoms with van der Waals surface area (Å²) in [7, 11) is 0. The van der Waals surface area contributed by atoms with Crippen molar-refractivity contribution in [1.82, 2.24) is 9.97 Å². The van der Waals surface area contributed by atoms with Crippen molar-refractivity contribution >= 4 is 43.5 Å². The fourth-order valence-corrected chi connectivity index (χ4v) is 4.42. The first-order valence-electron chi connectivity index (χ1n) is 9.76. The minimum absolute atomic E-state index is 0.888. The van der Waals surface area contributed by atoms with E-state index in [1.165, 1.54) is 16.2 Å². The van der Waals surface area contributed by atoms with E-state index in [4.69, 9.17) is 9.40 Å². The van der Waals surface area contributed by atoms with Gasteiger partial charge >= 0.3 is 0 Å². The molecule has 0 spiro atoms. The minimum Gasteiger partial charge on any atom is -0.456 e. The molecule has 3 nitrogen and oxygen atoms in total. The van der Waals surface area contributed by atoms with Gasteiger partial charge in [0, 0.05) is 44.7 Å². The molecule has 0 N–H and O–H groups in total. The average Bonchev–Trinajstić information content (AvgIpc) is 3.11. The van der Waals surface area contributed by atoms with Crippen LogP contribution in [-0.4, -0.2) is 9.97 Å². The average molecular weight is 374 g/mol. The Hall–Kier alpha value is -3.72. The fraction of sp³-hybridized carbons (Fsp3) is 0.0769. The maximum atomic E-state index is 6.09. The number of aryl methyl sites for hydroxylation is 2. The highest BCUT2D eigenvalue weighted by atomic mass is 16.3. The van der Waals surface area contributed by atoms with Crippen LogP contribution in [-0.2, 0) is 0 Å². The van der Waals surface area contributed by atoms with Crippen LogP contribution >= 0.6 is 0 Å². The van der Waals surface area contributed by atoms with Crippen LogP contribution in [0.4, 0.5) is 0 Å². The van der Waals surface area contributed by atoms with Crippen LogP contribution in [0.3, 0.4) is 0 Å². The Morgan fingerprint density at radius 2 is 1.45 bits per heavy atom. The van der Waals surface area contributed by atoms with Gasteiger partial charge in [-0.25, -0.2) is 0 Å². The Kier molecular flexibility index (Phi) is 3.30. The summed E-state index contributed by atoms with van der Waals surface area (Å²) in [6.07, 6.45) is 1.89. The molecule has 0 fully saturated rings. The molecule has 3 heteroatoms. The van der Waals surface area contributed by atoms with Gasteiger partial charge in [0.15, 0.2) is 0 Å². The summed E-state index contributed by atoms with van der Waals surface area (Å²) in [4.78, 5) is 9.35. The molecule has 3 aromatic heterocycles. The number of furan rings is 1. The zero-order chi connectivity index (χ0) is 19.5. The van der Waals surface area contributed by atoms with Crippen molar-refractivity contribution in [3.63, 3.8) is 0 Å². The van der Waals surface area contributed by atoms with Crippen molar-refractivity contribution < 1.29 is 4.42 Å². The largest absolute Gasteiger partial charge is 0.456 e. The second-order valence-electron chi connectivity index (χ2n) is 7.57. The molecule has 0 bridgehead atoms. The first kappa shape index (κ1) is 16.3. The summed E-state index contributed by atoms with van der Waals surface area (Å²) in [5, 5.41) is 7.02. The van der Waals surface area contributed by atoms with Gasteiger partial charge in [0.1, 0.15) is 11.2 Å². The van der Waals surface area contributed by atoms with E-state index in [2.05, 4.69) is 60.4 Å². The normalized spacial score (nSPS) is 11.8. The fourth-order valence-electron chi connectivity index (χ4n) is 4.42. The second kappa shape index (κ2) is 5.89. The van der Waals surface area contributed by atoms with Crippen molar-refractivity contribution in [2.45, 2.75) is 13.8 Å². The van der Waals surface area contributed by atoms with Gasteiger partial charge in [0.25, 0.3) is 0 Å². The van der Waals surface area contributed by atoms with Crippen molar-refractivity contribution in [2.24, 2.45) is 0 Å². The molecule has 0 saturated carbocycles. The number of hydrogen-bond acceptors (Lipinski definition) is 3. The lowest BCUT2D eigenvalue weighted by atomic mass is 9.97. The molecule has 0 aliphatic carbocycles. The number of rotatable bonds is 1. The van der Waals surface area contributed by atoms with Gasteiger partial charge in [-0.3, -0.25) is 9.97 Å². The van der Waals surface area contributed by atoms with Crippen LogP contribution in [0.2, 0.25) is 0 Å². The molecule has 6 aromatic rings. The van der Waals surface area contributed by atoms with Crippen LogP contribution < -0.4 is 0 Å². The summed E-state index contributed by atoms with van der Waals surface area (Å²) < 4.78 is 6.09. The standard InChI is InChI=1S/C26H18N2O/c1-15-13-23-18(16(2)28-15)9-10-22-19(23)11-12-27-26(22)17-7-8-21-20-5-3-4-6-24(20)29-25(21)14-17/h3-14H,1-2H3. The topological polar surface area (TPSA) is 38.9 Å². The van der Waals surface area contributed by atoms with Crippen molar-refractivity contribution in [3.8, 4) is 11.3 Å². The van der Waals surface area contributed by atoms with Crippen LogP contribution in [0.5, 0.6) is 0 Å². The van der Waals surface area contributed by atoms with Crippen molar-refractivity contribution in [1.29, 1.82) is 0 Å². The van der Waals surface area contributed by atoms with Crippen LogP contribution in [0.1, 0.15) is 11.4 Å². The van der Waals surface area contributed by atoms with Gasteiger partial charge in [-0.2, -0.15) is 0 Å². The quantitative estimate of drug-likeness (QED) is 0.292. The number of fused-ring (bicyclic) bond motifs is 6. The molecule has 138 valence electrons. The van der Waals surface area contributed by atoms with Crippen LogP contribution in [0.25, 0.3) is 54.7 Å².